The molecule has 12 heteroatoms. The van der Waals surface area contributed by atoms with Crippen LogP contribution in [0.15, 0.2) is 12.5 Å². The molecule has 3 amide bonds. The van der Waals surface area contributed by atoms with E-state index in [0.717, 1.165) is 0 Å². The van der Waals surface area contributed by atoms with Gasteiger partial charge in [0.15, 0.2) is 0 Å². The van der Waals surface area contributed by atoms with E-state index in [1.807, 2.05) is 0 Å². The number of aliphatic carboxylic acids is 1. The van der Waals surface area contributed by atoms with E-state index in [1.54, 1.807) is 13.8 Å². The van der Waals surface area contributed by atoms with Crippen molar-refractivity contribution in [2.75, 3.05) is 13.2 Å². The van der Waals surface area contributed by atoms with Crippen molar-refractivity contribution in [3.05, 3.63) is 18.2 Å². The van der Waals surface area contributed by atoms with Crippen LogP contribution in [0.25, 0.3) is 0 Å². The first kappa shape index (κ1) is 23.0. The number of hydrogen-bond donors (Lipinski definition) is 7. The maximum atomic E-state index is 12.6. The van der Waals surface area contributed by atoms with Crippen molar-refractivity contribution >= 4 is 23.7 Å². The maximum Gasteiger partial charge on any atom is 0.328 e. The second-order valence-corrected chi connectivity index (χ2v) is 6.42. The molecule has 0 saturated carbocycles. The number of carboxylic acids is 1. The zero-order chi connectivity index (χ0) is 21.3. The Morgan fingerprint density at radius 2 is 1.79 bits per heavy atom. The fourth-order valence-electron chi connectivity index (χ4n) is 2.31. The van der Waals surface area contributed by atoms with Crippen molar-refractivity contribution in [2.45, 2.75) is 38.4 Å². The summed E-state index contributed by atoms with van der Waals surface area (Å²) in [7, 11) is 0. The Balaban J connectivity index is 2.97. The monoisotopic (exact) mass is 398 g/mol. The van der Waals surface area contributed by atoms with Gasteiger partial charge in [-0.05, 0) is 5.92 Å². The standard InChI is InChI=1S/C16H26N6O6/c1-8(2)13(22-12(24)4-17)15(26)20-10(3-9-5-18-7-19-9)14(25)21-11(6-23)16(27)28/h5,7-8,10-11,13,23H,3-4,6,17H2,1-2H3,(H,18,19)(H,20,26)(H,21,25)(H,22,24)(H,27,28)/t10-,11-,13-/m0/s1. The van der Waals surface area contributed by atoms with Crippen LogP contribution in [0.2, 0.25) is 0 Å². The fourth-order valence-corrected chi connectivity index (χ4v) is 2.31. The van der Waals surface area contributed by atoms with Gasteiger partial charge in [-0.25, -0.2) is 9.78 Å². The summed E-state index contributed by atoms with van der Waals surface area (Å²) in [4.78, 5) is 54.4. The van der Waals surface area contributed by atoms with Gasteiger partial charge in [0.05, 0.1) is 19.5 Å². The second-order valence-electron chi connectivity index (χ2n) is 6.42. The van der Waals surface area contributed by atoms with Crippen LogP contribution < -0.4 is 21.7 Å². The number of aromatic amines is 1. The van der Waals surface area contributed by atoms with Gasteiger partial charge in [0, 0.05) is 18.3 Å². The minimum atomic E-state index is -1.52. The SMILES string of the molecule is CC(C)[C@H](NC(=O)CN)C(=O)N[C@@H](Cc1cnc[nH]1)C(=O)N[C@@H](CO)C(=O)O. The number of rotatable bonds is 11. The fraction of sp³-hybridized carbons (Fsp3) is 0.562. The number of aliphatic hydroxyl groups excluding tert-OH is 1. The first-order valence-corrected chi connectivity index (χ1v) is 8.60. The summed E-state index contributed by atoms with van der Waals surface area (Å²) in [6.45, 7) is 2.30. The number of carboxylic acid groups (broad SMARTS) is 1. The first-order chi connectivity index (χ1) is 13.2. The highest BCUT2D eigenvalue weighted by Gasteiger charge is 2.30. The van der Waals surface area contributed by atoms with E-state index in [-0.39, 0.29) is 18.9 Å². The Kier molecular flexibility index (Phi) is 9.05. The predicted octanol–water partition coefficient (Wildman–Crippen LogP) is -2.90. The van der Waals surface area contributed by atoms with Crippen LogP contribution in [0.5, 0.6) is 0 Å². The van der Waals surface area contributed by atoms with E-state index in [2.05, 4.69) is 25.9 Å². The molecule has 0 bridgehead atoms. The van der Waals surface area contributed by atoms with Crippen molar-refractivity contribution in [2.24, 2.45) is 11.7 Å². The molecule has 12 nitrogen and oxygen atoms in total. The lowest BCUT2D eigenvalue weighted by Gasteiger charge is -2.25. The van der Waals surface area contributed by atoms with Gasteiger partial charge >= 0.3 is 5.97 Å². The number of aliphatic hydroxyl groups is 1. The molecule has 1 aromatic rings. The highest BCUT2D eigenvalue weighted by atomic mass is 16.4. The van der Waals surface area contributed by atoms with Crippen molar-refractivity contribution < 1.29 is 29.4 Å². The molecule has 1 aromatic heterocycles. The molecule has 1 rings (SSSR count). The molecule has 1 heterocycles. The van der Waals surface area contributed by atoms with Crippen molar-refractivity contribution in [3.63, 3.8) is 0 Å². The van der Waals surface area contributed by atoms with E-state index in [4.69, 9.17) is 15.9 Å². The van der Waals surface area contributed by atoms with Crippen molar-refractivity contribution in [1.29, 1.82) is 0 Å². The number of amides is 3. The quantitative estimate of drug-likeness (QED) is 0.206. The number of hydrogen-bond acceptors (Lipinski definition) is 7. The molecule has 0 unspecified atom stereocenters. The summed E-state index contributed by atoms with van der Waals surface area (Å²) < 4.78 is 0. The third-order valence-electron chi connectivity index (χ3n) is 3.86. The number of carbonyl (C=O) groups is 4. The highest BCUT2D eigenvalue weighted by Crippen LogP contribution is 2.05. The van der Waals surface area contributed by atoms with Gasteiger partial charge in [-0.15, -0.1) is 0 Å². The number of imidazole rings is 1. The van der Waals surface area contributed by atoms with Gasteiger partial charge in [0.25, 0.3) is 0 Å². The first-order valence-electron chi connectivity index (χ1n) is 8.60. The minimum absolute atomic E-state index is 0.00894. The number of nitrogens with zero attached hydrogens (tertiary/aromatic N) is 1. The highest BCUT2D eigenvalue weighted by molar-refractivity contribution is 5.93. The Morgan fingerprint density at radius 3 is 2.25 bits per heavy atom. The van der Waals surface area contributed by atoms with E-state index >= 15 is 0 Å². The number of carbonyl (C=O) groups excluding carboxylic acids is 3. The zero-order valence-electron chi connectivity index (χ0n) is 15.6. The Morgan fingerprint density at radius 1 is 1.14 bits per heavy atom. The maximum absolute atomic E-state index is 12.6. The van der Waals surface area contributed by atoms with Gasteiger partial charge in [0.2, 0.25) is 17.7 Å². The molecule has 0 spiro atoms. The average Bonchev–Trinajstić information content (AvgIpc) is 3.15. The lowest BCUT2D eigenvalue weighted by atomic mass is 10.0. The molecule has 0 aromatic carbocycles. The molecule has 0 radical (unpaired) electrons. The number of nitrogens with one attached hydrogen (secondary N) is 4. The molecule has 0 aliphatic rings. The van der Waals surface area contributed by atoms with Crippen molar-refractivity contribution in [3.8, 4) is 0 Å². The Hall–Kier alpha value is -2.99. The molecule has 8 N–H and O–H groups in total. The summed E-state index contributed by atoms with van der Waals surface area (Å²) in [5.74, 6) is -3.69. The van der Waals surface area contributed by atoms with Crippen LogP contribution in [0.3, 0.4) is 0 Å². The number of aromatic nitrogens is 2. The third kappa shape index (κ3) is 6.96. The lowest BCUT2D eigenvalue weighted by Crippen LogP contribution is -2.58. The van der Waals surface area contributed by atoms with Crippen molar-refractivity contribution in [1.82, 2.24) is 25.9 Å². The van der Waals surface area contributed by atoms with Gasteiger partial charge in [-0.1, -0.05) is 13.8 Å². The van der Waals surface area contributed by atoms with Crippen LogP contribution in [-0.2, 0) is 25.6 Å². The van der Waals surface area contributed by atoms with E-state index < -0.39 is 48.4 Å². The number of nitrogens with two attached hydrogens (primary N) is 1. The Labute approximate surface area is 161 Å². The summed E-state index contributed by atoms with van der Waals surface area (Å²) in [5, 5.41) is 25.2. The van der Waals surface area contributed by atoms with Gasteiger partial charge in [0.1, 0.15) is 18.1 Å². The molecule has 0 aliphatic carbocycles. The van der Waals surface area contributed by atoms with Gasteiger partial charge in [-0.2, -0.15) is 0 Å². The molecule has 0 saturated heterocycles. The second kappa shape index (κ2) is 11.0. The molecular formula is C16H26N6O6. The molecule has 0 aliphatic heterocycles. The molecule has 3 atom stereocenters. The molecular weight excluding hydrogens is 372 g/mol. The van der Waals surface area contributed by atoms with Crippen LogP contribution >= 0.6 is 0 Å². The third-order valence-corrected chi connectivity index (χ3v) is 3.86. The Bertz CT molecular complexity index is 677. The van der Waals surface area contributed by atoms with E-state index in [9.17, 15) is 19.2 Å². The van der Waals surface area contributed by atoms with Crippen LogP contribution in [0.1, 0.15) is 19.5 Å². The summed E-state index contributed by atoms with van der Waals surface area (Å²) in [6, 6.07) is -3.63. The average molecular weight is 398 g/mol. The van der Waals surface area contributed by atoms with Crippen LogP contribution in [0, 0.1) is 5.92 Å². The lowest BCUT2D eigenvalue weighted by molar-refractivity contribution is -0.143. The van der Waals surface area contributed by atoms with Gasteiger partial charge in [-0.3, -0.25) is 14.4 Å². The zero-order valence-corrected chi connectivity index (χ0v) is 15.6. The largest absolute Gasteiger partial charge is 0.480 e. The van der Waals surface area contributed by atoms with Crippen LogP contribution in [0.4, 0.5) is 0 Å². The minimum Gasteiger partial charge on any atom is -0.480 e. The molecule has 0 fully saturated rings. The molecule has 28 heavy (non-hydrogen) atoms. The number of H-pyrrole nitrogens is 1. The van der Waals surface area contributed by atoms with Gasteiger partial charge < -0.3 is 36.9 Å². The topological polar surface area (TPSA) is 200 Å². The summed E-state index contributed by atoms with van der Waals surface area (Å²) in [6.07, 6.45) is 2.83. The smallest absolute Gasteiger partial charge is 0.328 e. The van der Waals surface area contributed by atoms with Crippen LogP contribution in [-0.4, -0.2) is 75.1 Å². The van der Waals surface area contributed by atoms with E-state index in [0.29, 0.717) is 5.69 Å². The molecule has 156 valence electrons. The normalized spacial score (nSPS) is 14.0. The predicted molar refractivity (Wildman–Crippen MR) is 96.7 cm³/mol. The summed E-state index contributed by atoms with van der Waals surface area (Å²) >= 11 is 0. The van der Waals surface area contributed by atoms with E-state index in [1.165, 1.54) is 12.5 Å². The summed E-state index contributed by atoms with van der Waals surface area (Å²) in [5.41, 5.74) is 5.78.